The highest BCUT2D eigenvalue weighted by Gasteiger charge is 1.74. The van der Waals surface area contributed by atoms with Crippen LogP contribution < -0.4 is 5.48 Å². The molecule has 1 radical (unpaired) electrons. The minimum Gasteiger partial charge on any atom is -0.285 e. The van der Waals surface area contributed by atoms with Crippen molar-refractivity contribution >= 4 is 0 Å². The van der Waals surface area contributed by atoms with E-state index in [1.807, 2.05) is 0 Å². The average molecular weight is 88.1 g/mol. The molecule has 0 aliphatic carbocycles. The fraction of sp³-hybridized carbons (Fsp3) is 1.00. The number of nitrogens with zero attached hydrogens (tertiary/aromatic N) is 1. The molecule has 0 atom stereocenters. The van der Waals surface area contributed by atoms with Gasteiger partial charge >= 0.3 is 0 Å². The molecule has 0 saturated carbocycles. The van der Waals surface area contributed by atoms with Crippen molar-refractivity contribution in [2.45, 2.75) is 13.3 Å². The second-order valence-electron chi connectivity index (χ2n) is 1.04. The van der Waals surface area contributed by atoms with Gasteiger partial charge in [-0.3, -0.25) is 4.84 Å². The van der Waals surface area contributed by atoms with E-state index in [0.29, 0.717) is 0 Å². The average Bonchev–Trinajstić information content (AvgIpc) is 1.61. The van der Waals surface area contributed by atoms with E-state index in [1.165, 1.54) is 0 Å². The molecule has 0 N–H and O–H groups in total. The minimum absolute atomic E-state index is 0.816. The van der Waals surface area contributed by atoms with Gasteiger partial charge in [0, 0.05) is 6.54 Å². The molecule has 0 fully saturated rings. The number of hydrogen-bond acceptors (Lipinski definition) is 1. The van der Waals surface area contributed by atoms with Crippen molar-refractivity contribution in [1.82, 2.24) is 5.48 Å². The third kappa shape index (κ3) is 3.92. The van der Waals surface area contributed by atoms with Gasteiger partial charge < -0.3 is 0 Å². The molecule has 0 saturated heterocycles. The van der Waals surface area contributed by atoms with Crippen LogP contribution in [0.3, 0.4) is 0 Å². The highest BCUT2D eigenvalue weighted by molar-refractivity contribution is 4.23. The van der Waals surface area contributed by atoms with Gasteiger partial charge in [-0.1, -0.05) is 12.4 Å². The van der Waals surface area contributed by atoms with Gasteiger partial charge in [0.25, 0.3) is 0 Å². The summed E-state index contributed by atoms with van der Waals surface area (Å²) in [7, 11) is 1.57. The quantitative estimate of drug-likeness (QED) is 0.365. The molecule has 0 aromatic rings. The normalized spacial score (nSPS) is 9.00. The maximum Gasteiger partial charge on any atom is 0.0592 e. The maximum atomic E-state index is 4.41. The van der Waals surface area contributed by atoms with Gasteiger partial charge in [0.15, 0.2) is 0 Å². The van der Waals surface area contributed by atoms with E-state index in [0.717, 1.165) is 13.0 Å². The number of hydrogen-bond donors (Lipinski definition) is 0. The Morgan fingerprint density at radius 1 is 1.67 bits per heavy atom. The zero-order valence-corrected chi connectivity index (χ0v) is 4.27. The molecule has 6 heavy (non-hydrogen) atoms. The summed E-state index contributed by atoms with van der Waals surface area (Å²) < 4.78 is 0. The lowest BCUT2D eigenvalue weighted by molar-refractivity contribution is 0.0828. The van der Waals surface area contributed by atoms with Gasteiger partial charge in [0.1, 0.15) is 0 Å². The first kappa shape index (κ1) is 5.92. The molecule has 2 heteroatoms. The van der Waals surface area contributed by atoms with Crippen LogP contribution in [0.2, 0.25) is 0 Å². The van der Waals surface area contributed by atoms with Crippen molar-refractivity contribution in [1.29, 1.82) is 0 Å². The molecule has 37 valence electrons. The summed E-state index contributed by atoms with van der Waals surface area (Å²) in [4.78, 5) is 4.41. The second kappa shape index (κ2) is 4.92. The molecule has 0 spiro atoms. The summed E-state index contributed by atoms with van der Waals surface area (Å²) in [5, 5.41) is 0. The summed E-state index contributed by atoms with van der Waals surface area (Å²) in [5.41, 5.74) is 3.59. The maximum absolute atomic E-state index is 4.41. The lowest BCUT2D eigenvalue weighted by Gasteiger charge is -1.88. The molecule has 0 aliphatic rings. The van der Waals surface area contributed by atoms with Crippen LogP contribution >= 0.6 is 0 Å². The van der Waals surface area contributed by atoms with Crippen molar-refractivity contribution in [3.05, 3.63) is 0 Å². The molecule has 2 nitrogen and oxygen atoms in total. The monoisotopic (exact) mass is 88.1 g/mol. The predicted octanol–water partition coefficient (Wildman–Crippen LogP) is 0.562. The smallest absolute Gasteiger partial charge is 0.0592 e. The largest absolute Gasteiger partial charge is 0.285 e. The van der Waals surface area contributed by atoms with Gasteiger partial charge in [0.05, 0.1) is 7.11 Å². The van der Waals surface area contributed by atoms with Gasteiger partial charge in [-0.05, 0) is 6.42 Å². The highest BCUT2D eigenvalue weighted by atomic mass is 16.6. The Labute approximate surface area is 38.5 Å². The fourth-order valence-electron chi connectivity index (χ4n) is 0.183. The van der Waals surface area contributed by atoms with E-state index in [9.17, 15) is 0 Å². The molecular weight excluding hydrogens is 78.0 g/mol. The first-order valence-corrected chi connectivity index (χ1v) is 2.11. The summed E-state index contributed by atoms with van der Waals surface area (Å²) in [6.45, 7) is 2.87. The van der Waals surface area contributed by atoms with E-state index >= 15 is 0 Å². The molecule has 0 rings (SSSR count). The summed E-state index contributed by atoms with van der Waals surface area (Å²) in [6.07, 6.45) is 1.06. The van der Waals surface area contributed by atoms with E-state index in [-0.39, 0.29) is 0 Å². The minimum atomic E-state index is 0.816. The summed E-state index contributed by atoms with van der Waals surface area (Å²) in [5.74, 6) is 0. The van der Waals surface area contributed by atoms with Crippen molar-refractivity contribution < 1.29 is 4.84 Å². The van der Waals surface area contributed by atoms with E-state index in [2.05, 4.69) is 17.2 Å². The van der Waals surface area contributed by atoms with Crippen LogP contribution in [0.1, 0.15) is 13.3 Å². The van der Waals surface area contributed by atoms with Gasteiger partial charge in [-0.25, -0.2) is 0 Å². The molecule has 0 unspecified atom stereocenters. The van der Waals surface area contributed by atoms with Crippen LogP contribution in [-0.2, 0) is 4.84 Å². The lowest BCUT2D eigenvalue weighted by Crippen LogP contribution is -2.01. The van der Waals surface area contributed by atoms with Gasteiger partial charge in [-0.15, -0.1) is 0 Å². The van der Waals surface area contributed by atoms with Crippen LogP contribution in [-0.4, -0.2) is 13.7 Å². The van der Waals surface area contributed by atoms with Crippen LogP contribution in [0.5, 0.6) is 0 Å². The van der Waals surface area contributed by atoms with Crippen molar-refractivity contribution in [2.24, 2.45) is 0 Å². The molecule has 0 aromatic carbocycles. The Morgan fingerprint density at radius 3 is 2.50 bits per heavy atom. The van der Waals surface area contributed by atoms with Gasteiger partial charge in [0.2, 0.25) is 0 Å². The highest BCUT2D eigenvalue weighted by Crippen LogP contribution is 1.68. The van der Waals surface area contributed by atoms with Crippen molar-refractivity contribution in [2.75, 3.05) is 13.7 Å². The Hall–Kier alpha value is -0.0800. The number of rotatable bonds is 3. The second-order valence-corrected chi connectivity index (χ2v) is 1.04. The van der Waals surface area contributed by atoms with Crippen LogP contribution in [0, 0.1) is 0 Å². The molecule has 0 heterocycles. The topological polar surface area (TPSA) is 23.3 Å². The van der Waals surface area contributed by atoms with Crippen LogP contribution in [0.4, 0.5) is 0 Å². The Balaban J connectivity index is 2.34. The number of hydroxylamine groups is 1. The van der Waals surface area contributed by atoms with E-state index in [1.54, 1.807) is 7.11 Å². The summed E-state index contributed by atoms with van der Waals surface area (Å²) >= 11 is 0. The molecule has 0 aliphatic heterocycles. The van der Waals surface area contributed by atoms with Crippen LogP contribution in [0.15, 0.2) is 0 Å². The van der Waals surface area contributed by atoms with Crippen molar-refractivity contribution in [3.63, 3.8) is 0 Å². The standard InChI is InChI=1S/C4H10NO/c1-3-4-5-6-2/h3-4H2,1-2H3. The Bertz CT molecular complexity index is 19.5. The lowest BCUT2D eigenvalue weighted by atomic mass is 10.5. The SMILES string of the molecule is CCC[N]OC. The Morgan fingerprint density at radius 2 is 2.33 bits per heavy atom. The van der Waals surface area contributed by atoms with Crippen molar-refractivity contribution in [3.8, 4) is 0 Å². The third-order valence-corrected chi connectivity index (χ3v) is 0.444. The molecule has 0 amide bonds. The Kier molecular flexibility index (Phi) is 4.85. The zero-order chi connectivity index (χ0) is 4.83. The first-order valence-electron chi connectivity index (χ1n) is 2.11. The molecule has 0 aromatic heterocycles. The van der Waals surface area contributed by atoms with E-state index in [4.69, 9.17) is 0 Å². The predicted molar refractivity (Wildman–Crippen MR) is 24.3 cm³/mol. The van der Waals surface area contributed by atoms with Crippen LogP contribution in [0.25, 0.3) is 0 Å². The fourth-order valence-corrected chi connectivity index (χ4v) is 0.183. The third-order valence-electron chi connectivity index (χ3n) is 0.444. The van der Waals surface area contributed by atoms with Gasteiger partial charge in [-0.2, -0.15) is 0 Å². The molecular formula is C4H10NO. The summed E-state index contributed by atoms with van der Waals surface area (Å²) in [6, 6.07) is 0. The first-order chi connectivity index (χ1) is 2.91. The van der Waals surface area contributed by atoms with E-state index < -0.39 is 0 Å². The zero-order valence-electron chi connectivity index (χ0n) is 4.27. The molecule has 0 bridgehead atoms.